The molecule has 29 heavy (non-hydrogen) atoms. The van der Waals surface area contributed by atoms with Crippen molar-refractivity contribution in [1.82, 2.24) is 0 Å². The van der Waals surface area contributed by atoms with E-state index in [2.05, 4.69) is 10.0 Å². The highest BCUT2D eigenvalue weighted by Gasteiger charge is 2.22. The summed E-state index contributed by atoms with van der Waals surface area (Å²) in [7, 11) is -1.83. The largest absolute Gasteiger partial charge is 0.497 e. The van der Waals surface area contributed by atoms with Crippen LogP contribution in [0.25, 0.3) is 11.1 Å². The van der Waals surface area contributed by atoms with Crippen LogP contribution in [0.2, 0.25) is 0 Å². The molecule has 7 nitrogen and oxygen atoms in total. The molecule has 0 atom stereocenters. The molecule has 0 spiro atoms. The number of carbonyl (C=O) groups excluding carboxylic acids is 1. The van der Waals surface area contributed by atoms with Crippen LogP contribution in [0.1, 0.15) is 10.4 Å². The number of hydrogen-bond acceptors (Lipinski definition) is 5. The molecule has 2 N–H and O–H groups in total. The van der Waals surface area contributed by atoms with Crippen LogP contribution < -0.4 is 19.5 Å². The van der Waals surface area contributed by atoms with Gasteiger partial charge >= 0.3 is 0 Å². The van der Waals surface area contributed by atoms with Crippen LogP contribution in [-0.2, 0) is 10.0 Å². The first-order valence-corrected chi connectivity index (χ1v) is 10.6. The Balaban J connectivity index is 1.71. The summed E-state index contributed by atoms with van der Waals surface area (Å²) in [6, 6.07) is 17.4. The summed E-state index contributed by atoms with van der Waals surface area (Å²) in [5, 5.41) is 2.84. The first kappa shape index (κ1) is 18.8. The first-order chi connectivity index (χ1) is 13.8. The molecule has 3 aromatic rings. The van der Waals surface area contributed by atoms with Crippen LogP contribution in [0.4, 0.5) is 11.4 Å². The predicted molar refractivity (Wildman–Crippen MR) is 111 cm³/mol. The predicted octanol–water partition coefficient (Wildman–Crippen LogP) is 4.09. The Kier molecular flexibility index (Phi) is 4.63. The molecule has 3 aromatic carbocycles. The molecular formula is C21H18N2O5S. The minimum absolute atomic E-state index is 0.306. The summed E-state index contributed by atoms with van der Waals surface area (Å²) in [4.78, 5) is 12.8. The van der Waals surface area contributed by atoms with Crippen molar-refractivity contribution in [2.24, 2.45) is 0 Å². The number of benzene rings is 3. The Hall–Kier alpha value is -3.52. The Morgan fingerprint density at radius 1 is 0.966 bits per heavy atom. The smallest absolute Gasteiger partial charge is 0.259 e. The standard InChI is InChI=1S/C21H18N2O5S/c1-27-16-7-9-20-18(12-16)22-21(24)17-11-14(6-8-19(17)28-20)13-4-3-5-15(10-13)23-29(2,25)26/h3-12,23H,1-2H3,(H,22,24). The molecule has 0 aromatic heterocycles. The van der Waals surface area contributed by atoms with E-state index in [9.17, 15) is 13.2 Å². The number of rotatable bonds is 4. The lowest BCUT2D eigenvalue weighted by molar-refractivity contribution is 0.102. The van der Waals surface area contributed by atoms with Gasteiger partial charge in [0.15, 0.2) is 5.75 Å². The number of sulfonamides is 1. The number of nitrogens with one attached hydrogen (secondary N) is 2. The van der Waals surface area contributed by atoms with Crippen molar-refractivity contribution in [3.63, 3.8) is 0 Å². The van der Waals surface area contributed by atoms with Crippen molar-refractivity contribution in [3.05, 3.63) is 66.2 Å². The minimum Gasteiger partial charge on any atom is -0.497 e. The molecule has 0 bridgehead atoms. The van der Waals surface area contributed by atoms with Crippen LogP contribution >= 0.6 is 0 Å². The Morgan fingerprint density at radius 2 is 1.72 bits per heavy atom. The minimum atomic E-state index is -3.38. The molecule has 1 aliphatic rings. The molecule has 0 radical (unpaired) electrons. The Bertz CT molecular complexity index is 1220. The molecule has 8 heteroatoms. The Labute approximate surface area is 168 Å². The lowest BCUT2D eigenvalue weighted by Crippen LogP contribution is -2.10. The lowest BCUT2D eigenvalue weighted by Gasteiger charge is -2.10. The summed E-state index contributed by atoms with van der Waals surface area (Å²) >= 11 is 0. The summed E-state index contributed by atoms with van der Waals surface area (Å²) in [5.74, 6) is 1.25. The molecule has 0 unspecified atom stereocenters. The van der Waals surface area contributed by atoms with Crippen molar-refractivity contribution < 1.29 is 22.7 Å². The van der Waals surface area contributed by atoms with Crippen molar-refractivity contribution in [1.29, 1.82) is 0 Å². The van der Waals surface area contributed by atoms with E-state index in [1.54, 1.807) is 55.6 Å². The molecule has 0 fully saturated rings. The average molecular weight is 410 g/mol. The Morgan fingerprint density at radius 3 is 2.48 bits per heavy atom. The third-order valence-electron chi connectivity index (χ3n) is 4.38. The molecule has 1 amide bonds. The number of amides is 1. The molecule has 0 saturated carbocycles. The molecular weight excluding hydrogens is 392 g/mol. The van der Waals surface area contributed by atoms with Gasteiger partial charge in [-0.3, -0.25) is 9.52 Å². The van der Waals surface area contributed by atoms with Gasteiger partial charge in [-0.25, -0.2) is 8.42 Å². The van der Waals surface area contributed by atoms with Crippen LogP contribution in [0, 0.1) is 0 Å². The van der Waals surface area contributed by atoms with Gasteiger partial charge in [0.2, 0.25) is 10.0 Å². The van der Waals surface area contributed by atoms with E-state index in [-0.39, 0.29) is 5.91 Å². The highest BCUT2D eigenvalue weighted by Crippen LogP contribution is 2.39. The van der Waals surface area contributed by atoms with E-state index in [4.69, 9.17) is 9.47 Å². The van der Waals surface area contributed by atoms with Gasteiger partial charge in [-0.2, -0.15) is 0 Å². The third kappa shape index (κ3) is 4.02. The zero-order valence-corrected chi connectivity index (χ0v) is 16.5. The second-order valence-corrected chi connectivity index (χ2v) is 8.33. The summed E-state index contributed by atoms with van der Waals surface area (Å²) in [6.45, 7) is 0. The number of anilines is 2. The van der Waals surface area contributed by atoms with Gasteiger partial charge in [-0.05, 0) is 47.5 Å². The molecule has 1 aliphatic heterocycles. The van der Waals surface area contributed by atoms with E-state index in [1.165, 1.54) is 0 Å². The van der Waals surface area contributed by atoms with Gasteiger partial charge in [0.05, 0.1) is 24.6 Å². The summed E-state index contributed by atoms with van der Waals surface area (Å²) < 4.78 is 36.5. The molecule has 0 aliphatic carbocycles. The fraction of sp³-hybridized carbons (Fsp3) is 0.0952. The van der Waals surface area contributed by atoms with Crippen LogP contribution in [0.15, 0.2) is 60.7 Å². The topological polar surface area (TPSA) is 93.7 Å². The zero-order valence-electron chi connectivity index (χ0n) is 15.7. The number of carbonyl (C=O) groups is 1. The van der Waals surface area contributed by atoms with Gasteiger partial charge in [0.25, 0.3) is 5.91 Å². The third-order valence-corrected chi connectivity index (χ3v) is 4.98. The zero-order chi connectivity index (χ0) is 20.6. The number of ether oxygens (including phenoxy) is 2. The maximum atomic E-state index is 12.8. The van der Waals surface area contributed by atoms with Crippen molar-refractivity contribution >= 4 is 27.3 Å². The van der Waals surface area contributed by atoms with Crippen molar-refractivity contribution in [3.8, 4) is 28.4 Å². The van der Waals surface area contributed by atoms with Gasteiger partial charge in [0, 0.05) is 11.8 Å². The van der Waals surface area contributed by atoms with Crippen LogP contribution in [-0.4, -0.2) is 27.7 Å². The van der Waals surface area contributed by atoms with Gasteiger partial charge in [-0.15, -0.1) is 0 Å². The molecule has 1 heterocycles. The molecule has 0 saturated heterocycles. The monoisotopic (exact) mass is 410 g/mol. The highest BCUT2D eigenvalue weighted by atomic mass is 32.2. The normalized spacial score (nSPS) is 12.7. The fourth-order valence-corrected chi connectivity index (χ4v) is 3.64. The van der Waals surface area contributed by atoms with E-state index >= 15 is 0 Å². The maximum Gasteiger partial charge on any atom is 0.259 e. The number of hydrogen-bond donors (Lipinski definition) is 2. The quantitative estimate of drug-likeness (QED) is 0.676. The van der Waals surface area contributed by atoms with Crippen LogP contribution in [0.5, 0.6) is 17.2 Å². The summed E-state index contributed by atoms with van der Waals surface area (Å²) in [5.41, 5.74) is 2.85. The van der Waals surface area contributed by atoms with Gasteiger partial charge in [0.1, 0.15) is 11.5 Å². The second-order valence-electron chi connectivity index (χ2n) is 6.58. The second kappa shape index (κ2) is 7.14. The molecule has 148 valence electrons. The average Bonchev–Trinajstić information content (AvgIpc) is 2.81. The first-order valence-electron chi connectivity index (χ1n) is 8.72. The highest BCUT2D eigenvalue weighted by molar-refractivity contribution is 7.92. The SMILES string of the molecule is COc1ccc2c(c1)NC(=O)c1cc(-c3cccc(NS(C)(=O)=O)c3)ccc1O2. The lowest BCUT2D eigenvalue weighted by atomic mass is 10.0. The summed E-state index contributed by atoms with van der Waals surface area (Å²) in [6.07, 6.45) is 1.09. The van der Waals surface area contributed by atoms with E-state index < -0.39 is 10.0 Å². The number of fused-ring (bicyclic) bond motifs is 2. The van der Waals surface area contributed by atoms with Gasteiger partial charge < -0.3 is 14.8 Å². The fourth-order valence-electron chi connectivity index (χ4n) is 3.08. The number of methoxy groups -OCH3 is 1. The van der Waals surface area contributed by atoms with E-state index in [0.717, 1.165) is 17.4 Å². The van der Waals surface area contributed by atoms with Crippen molar-refractivity contribution in [2.75, 3.05) is 23.4 Å². The van der Waals surface area contributed by atoms with Gasteiger partial charge in [-0.1, -0.05) is 18.2 Å². The maximum absolute atomic E-state index is 12.8. The van der Waals surface area contributed by atoms with Crippen LogP contribution in [0.3, 0.4) is 0 Å². The van der Waals surface area contributed by atoms with E-state index in [0.29, 0.717) is 34.2 Å². The molecule has 4 rings (SSSR count). The van der Waals surface area contributed by atoms with E-state index in [1.807, 2.05) is 12.1 Å². The van der Waals surface area contributed by atoms with Crippen molar-refractivity contribution in [2.45, 2.75) is 0 Å².